The van der Waals surface area contributed by atoms with Crippen molar-refractivity contribution < 1.29 is 4.74 Å². The van der Waals surface area contributed by atoms with Gasteiger partial charge in [-0.15, -0.1) is 0 Å². The van der Waals surface area contributed by atoms with E-state index in [2.05, 4.69) is 9.74 Å². The number of nitrogens with zero attached hydrogens (tertiary/aromatic N) is 4. The first-order chi connectivity index (χ1) is 15.0. The molecule has 7 heteroatoms. The molecule has 0 amide bonds. The zero-order valence-corrected chi connectivity index (χ0v) is 17.7. The summed E-state index contributed by atoms with van der Waals surface area (Å²) in [5, 5.41) is 0. The number of ether oxygens (including phenoxy) is 1. The van der Waals surface area contributed by atoms with E-state index in [1.807, 2.05) is 36.4 Å². The maximum atomic E-state index is 13.6. The minimum Gasteiger partial charge on any atom is -0.497 e. The lowest BCUT2D eigenvalue weighted by Gasteiger charge is -2.32. The van der Waals surface area contributed by atoms with E-state index >= 15 is 0 Å². The van der Waals surface area contributed by atoms with Crippen LogP contribution in [0, 0.1) is 6.57 Å². The number of benzene rings is 2. The van der Waals surface area contributed by atoms with Crippen LogP contribution in [0.4, 0.5) is 11.6 Å². The van der Waals surface area contributed by atoms with Crippen LogP contribution >= 0.6 is 0 Å². The molecule has 31 heavy (non-hydrogen) atoms. The Hall–Kier alpha value is -3.63. The molecule has 1 aliphatic rings. The Labute approximate surface area is 181 Å². The van der Waals surface area contributed by atoms with Crippen LogP contribution in [-0.4, -0.2) is 35.8 Å². The fraction of sp³-hybridized carbons (Fsp3) is 0.292. The fourth-order valence-electron chi connectivity index (χ4n) is 3.89. The molecule has 0 unspecified atom stereocenters. The lowest BCUT2D eigenvalue weighted by atomic mass is 10.00. The van der Waals surface area contributed by atoms with E-state index in [0.717, 1.165) is 42.8 Å². The lowest BCUT2D eigenvalue weighted by Crippen LogP contribution is -2.42. The second-order valence-electron chi connectivity index (χ2n) is 7.71. The second kappa shape index (κ2) is 8.62. The summed E-state index contributed by atoms with van der Waals surface area (Å²) in [7, 11) is 3.37. The van der Waals surface area contributed by atoms with Crippen LogP contribution in [0.5, 0.6) is 5.75 Å². The van der Waals surface area contributed by atoms with Gasteiger partial charge in [-0.3, -0.25) is 9.36 Å². The van der Waals surface area contributed by atoms with Gasteiger partial charge < -0.3 is 15.4 Å². The average molecular weight is 415 g/mol. The topological polar surface area (TPSA) is 77.7 Å². The first-order valence-electron chi connectivity index (χ1n) is 10.3. The molecular weight excluding hydrogens is 390 g/mol. The SMILES string of the molecule is [C-]#[N+]c1ccc(-c2nc(N3CCC(N)CC3)n(C)c(=O)c2-c2ccc(OC)cc2)cc1. The molecule has 0 radical (unpaired) electrons. The van der Waals surface area contributed by atoms with Crippen LogP contribution in [0.2, 0.25) is 0 Å². The fourth-order valence-corrected chi connectivity index (χ4v) is 3.89. The van der Waals surface area contributed by atoms with Crippen LogP contribution < -0.4 is 20.9 Å². The standard InChI is InChI=1S/C24H25N5O2/c1-26-19-8-4-17(5-9-19)22-21(16-6-10-20(31-3)11-7-16)23(30)28(2)24(27-22)29-14-12-18(25)13-15-29/h4-11,18H,12-15,25H2,2-3H3. The summed E-state index contributed by atoms with van der Waals surface area (Å²) >= 11 is 0. The molecule has 4 rings (SSSR count). The molecule has 0 saturated carbocycles. The van der Waals surface area contributed by atoms with Crippen molar-refractivity contribution in [1.29, 1.82) is 0 Å². The van der Waals surface area contributed by atoms with Crippen molar-refractivity contribution >= 4 is 11.6 Å². The smallest absolute Gasteiger partial charge is 0.263 e. The van der Waals surface area contributed by atoms with E-state index in [4.69, 9.17) is 22.0 Å². The summed E-state index contributed by atoms with van der Waals surface area (Å²) in [5.74, 6) is 1.36. The highest BCUT2D eigenvalue weighted by Gasteiger charge is 2.24. The molecule has 1 aromatic heterocycles. The molecule has 3 aromatic rings. The third-order valence-electron chi connectivity index (χ3n) is 5.74. The van der Waals surface area contributed by atoms with Gasteiger partial charge >= 0.3 is 0 Å². The minimum absolute atomic E-state index is 0.116. The molecule has 158 valence electrons. The third kappa shape index (κ3) is 4.03. The van der Waals surface area contributed by atoms with E-state index in [0.29, 0.717) is 22.9 Å². The molecule has 0 spiro atoms. The predicted molar refractivity (Wildman–Crippen MR) is 123 cm³/mol. The van der Waals surface area contributed by atoms with Crippen LogP contribution in [0.3, 0.4) is 0 Å². The van der Waals surface area contributed by atoms with E-state index < -0.39 is 0 Å². The van der Waals surface area contributed by atoms with Gasteiger partial charge in [0, 0.05) is 26.2 Å². The average Bonchev–Trinajstić information content (AvgIpc) is 2.81. The number of methoxy groups -OCH3 is 1. The molecule has 0 atom stereocenters. The van der Waals surface area contributed by atoms with E-state index in [-0.39, 0.29) is 11.6 Å². The highest BCUT2D eigenvalue weighted by molar-refractivity contribution is 5.81. The number of hydrogen-bond acceptors (Lipinski definition) is 5. The predicted octanol–water partition coefficient (Wildman–Crippen LogP) is 3.60. The summed E-state index contributed by atoms with van der Waals surface area (Å²) in [6, 6.07) is 14.8. The van der Waals surface area contributed by atoms with Gasteiger partial charge in [-0.2, -0.15) is 0 Å². The van der Waals surface area contributed by atoms with Gasteiger partial charge in [0.15, 0.2) is 5.69 Å². The number of anilines is 1. The van der Waals surface area contributed by atoms with Crippen molar-refractivity contribution in [3.63, 3.8) is 0 Å². The monoisotopic (exact) mass is 415 g/mol. The highest BCUT2D eigenvalue weighted by atomic mass is 16.5. The second-order valence-corrected chi connectivity index (χ2v) is 7.71. The molecule has 1 fully saturated rings. The number of hydrogen-bond donors (Lipinski definition) is 1. The Morgan fingerprint density at radius 1 is 1.06 bits per heavy atom. The molecule has 7 nitrogen and oxygen atoms in total. The van der Waals surface area contributed by atoms with Crippen molar-refractivity contribution in [3.8, 4) is 28.1 Å². The van der Waals surface area contributed by atoms with Crippen molar-refractivity contribution in [3.05, 3.63) is 70.3 Å². The normalized spacial score (nSPS) is 14.3. The lowest BCUT2D eigenvalue weighted by molar-refractivity contribution is 0.415. The molecule has 1 aliphatic heterocycles. The van der Waals surface area contributed by atoms with Gasteiger partial charge in [0.1, 0.15) is 5.75 Å². The molecule has 0 bridgehead atoms. The Balaban J connectivity index is 1.91. The van der Waals surface area contributed by atoms with Crippen LogP contribution in [0.25, 0.3) is 27.2 Å². The first-order valence-corrected chi connectivity index (χ1v) is 10.3. The van der Waals surface area contributed by atoms with Crippen LogP contribution in [-0.2, 0) is 7.05 Å². The van der Waals surface area contributed by atoms with Gasteiger partial charge in [-0.05, 0) is 36.1 Å². The van der Waals surface area contributed by atoms with E-state index in [1.165, 1.54) is 0 Å². The Kier molecular flexibility index (Phi) is 5.74. The summed E-state index contributed by atoms with van der Waals surface area (Å²) in [6.07, 6.45) is 1.73. The van der Waals surface area contributed by atoms with Crippen LogP contribution in [0.15, 0.2) is 53.3 Å². The number of aromatic nitrogens is 2. The quantitative estimate of drug-likeness (QED) is 0.659. The van der Waals surface area contributed by atoms with Crippen molar-refractivity contribution in [2.24, 2.45) is 12.8 Å². The van der Waals surface area contributed by atoms with Gasteiger partial charge in [-0.25, -0.2) is 9.83 Å². The minimum atomic E-state index is -0.116. The van der Waals surface area contributed by atoms with E-state index in [1.54, 1.807) is 30.9 Å². The molecule has 0 aliphatic carbocycles. The zero-order chi connectivity index (χ0) is 22.0. The van der Waals surface area contributed by atoms with Gasteiger partial charge in [0.25, 0.3) is 5.56 Å². The van der Waals surface area contributed by atoms with Gasteiger partial charge in [-0.1, -0.05) is 36.4 Å². The summed E-state index contributed by atoms with van der Waals surface area (Å²) in [5.41, 5.74) is 9.19. The summed E-state index contributed by atoms with van der Waals surface area (Å²) < 4.78 is 6.88. The highest BCUT2D eigenvalue weighted by Crippen LogP contribution is 2.32. The van der Waals surface area contributed by atoms with Gasteiger partial charge in [0.2, 0.25) is 5.95 Å². The molecule has 2 N–H and O–H groups in total. The molecule has 2 aromatic carbocycles. The number of nitrogens with two attached hydrogens (primary N) is 1. The first kappa shape index (κ1) is 20.6. The zero-order valence-electron chi connectivity index (χ0n) is 17.7. The Morgan fingerprint density at radius 3 is 2.26 bits per heavy atom. The third-order valence-corrected chi connectivity index (χ3v) is 5.74. The Bertz CT molecular complexity index is 1170. The summed E-state index contributed by atoms with van der Waals surface area (Å²) in [4.78, 5) is 24.1. The van der Waals surface area contributed by atoms with Crippen molar-refractivity contribution in [1.82, 2.24) is 9.55 Å². The van der Waals surface area contributed by atoms with E-state index in [9.17, 15) is 4.79 Å². The Morgan fingerprint density at radius 2 is 1.68 bits per heavy atom. The van der Waals surface area contributed by atoms with Crippen LogP contribution in [0.1, 0.15) is 12.8 Å². The number of rotatable bonds is 4. The maximum Gasteiger partial charge on any atom is 0.263 e. The van der Waals surface area contributed by atoms with Crippen molar-refractivity contribution in [2.75, 3.05) is 25.1 Å². The largest absolute Gasteiger partial charge is 0.497 e. The van der Waals surface area contributed by atoms with Crippen molar-refractivity contribution in [2.45, 2.75) is 18.9 Å². The number of piperidine rings is 1. The molecule has 2 heterocycles. The summed E-state index contributed by atoms with van der Waals surface area (Å²) in [6.45, 7) is 8.73. The molecular formula is C24H25N5O2. The van der Waals surface area contributed by atoms with Gasteiger partial charge in [0.05, 0.1) is 24.9 Å². The maximum absolute atomic E-state index is 13.6. The molecule has 1 saturated heterocycles.